The molecule has 3 rings (SSSR count). The number of benzene rings is 1. The minimum atomic E-state index is -1.11. The summed E-state index contributed by atoms with van der Waals surface area (Å²) in [6, 6.07) is 4.36. The second kappa shape index (κ2) is 3.70. The van der Waals surface area contributed by atoms with Crippen LogP contribution in [0.5, 0.6) is 0 Å². The molecular weight excluding hydrogens is 255 g/mol. The number of hydrogen-bond acceptors (Lipinski definition) is 1. The Morgan fingerprint density at radius 3 is 2.44 bits per heavy atom. The molecule has 0 aliphatic heterocycles. The molecule has 1 N–H and O–H groups in total. The van der Waals surface area contributed by atoms with Crippen LogP contribution < -0.4 is 0 Å². The van der Waals surface area contributed by atoms with E-state index >= 15 is 0 Å². The largest absolute Gasteiger partial charge is 0.481 e. The molecule has 0 unspecified atom stereocenters. The Kier molecular flexibility index (Phi) is 2.46. The summed E-state index contributed by atoms with van der Waals surface area (Å²) in [5.74, 6) is -1.45. The normalized spacial score (nSPS) is 23.2. The van der Waals surface area contributed by atoms with Crippen molar-refractivity contribution in [3.63, 3.8) is 0 Å². The minimum absolute atomic E-state index is 0.143. The molecule has 4 heteroatoms. The van der Waals surface area contributed by atoms with Crippen molar-refractivity contribution in [2.45, 2.75) is 37.5 Å². The van der Waals surface area contributed by atoms with Gasteiger partial charge in [-0.3, -0.25) is 4.79 Å². The van der Waals surface area contributed by atoms with Crippen molar-refractivity contribution in [1.82, 2.24) is 0 Å². The van der Waals surface area contributed by atoms with Crippen LogP contribution in [0.25, 0.3) is 0 Å². The number of carbonyl (C=O) groups is 1. The van der Waals surface area contributed by atoms with Crippen LogP contribution in [-0.4, -0.2) is 11.1 Å². The minimum Gasteiger partial charge on any atom is -0.481 e. The van der Waals surface area contributed by atoms with E-state index < -0.39 is 17.2 Å². The molecule has 0 atom stereocenters. The lowest BCUT2D eigenvalue weighted by atomic mass is 9.43. The predicted molar refractivity (Wildman–Crippen MR) is 66.2 cm³/mol. The lowest BCUT2D eigenvalue weighted by Gasteiger charge is -2.59. The lowest BCUT2D eigenvalue weighted by molar-refractivity contribution is -0.160. The van der Waals surface area contributed by atoms with Gasteiger partial charge in [0.2, 0.25) is 0 Å². The van der Waals surface area contributed by atoms with E-state index in [0.29, 0.717) is 12.8 Å². The van der Waals surface area contributed by atoms with Gasteiger partial charge in [-0.15, -0.1) is 0 Å². The van der Waals surface area contributed by atoms with Crippen LogP contribution in [0.3, 0.4) is 0 Å². The number of carboxylic acid groups (broad SMARTS) is 1. The third-order valence-electron chi connectivity index (χ3n) is 4.62. The monoisotopic (exact) mass is 268 g/mol. The van der Waals surface area contributed by atoms with Crippen LogP contribution in [0.4, 0.5) is 4.39 Å². The first-order valence-electron chi connectivity index (χ1n) is 6.17. The number of carboxylic acids is 1. The maximum Gasteiger partial charge on any atom is 0.314 e. The van der Waals surface area contributed by atoms with Crippen LogP contribution in [0.15, 0.2) is 18.2 Å². The summed E-state index contributed by atoms with van der Waals surface area (Å²) < 4.78 is 14.0. The first-order chi connectivity index (χ1) is 8.49. The Labute approximate surface area is 110 Å². The molecule has 2 aliphatic rings. The molecule has 2 saturated carbocycles. The zero-order valence-corrected chi connectivity index (χ0v) is 10.6. The highest BCUT2D eigenvalue weighted by Gasteiger charge is 2.63. The Bertz CT molecular complexity index is 494. The average molecular weight is 269 g/mol. The topological polar surface area (TPSA) is 37.3 Å². The van der Waals surface area contributed by atoms with Crippen LogP contribution in [-0.2, 0) is 10.2 Å². The lowest BCUT2D eigenvalue weighted by Crippen LogP contribution is -2.57. The van der Waals surface area contributed by atoms with Gasteiger partial charge in [0.25, 0.3) is 0 Å². The van der Waals surface area contributed by atoms with Gasteiger partial charge in [-0.1, -0.05) is 24.1 Å². The van der Waals surface area contributed by atoms with Gasteiger partial charge in [0.05, 0.1) is 5.41 Å². The fourth-order valence-electron chi connectivity index (χ4n) is 3.65. The fraction of sp³-hybridized carbons (Fsp3) is 0.500. The zero-order chi connectivity index (χ0) is 13.0. The third kappa shape index (κ3) is 1.43. The molecule has 18 heavy (non-hydrogen) atoms. The van der Waals surface area contributed by atoms with Crippen molar-refractivity contribution >= 4 is 17.6 Å². The summed E-state index contributed by atoms with van der Waals surface area (Å²) >= 11 is 6.02. The number of aliphatic carboxylic acids is 1. The summed E-state index contributed by atoms with van der Waals surface area (Å²) in [5, 5.41) is 9.74. The van der Waals surface area contributed by atoms with Crippen molar-refractivity contribution in [3.8, 4) is 0 Å². The molecule has 2 fully saturated rings. The van der Waals surface area contributed by atoms with E-state index in [2.05, 4.69) is 0 Å². The SMILES string of the molecule is O=C(O)C1(c2c(F)cccc2Cl)CC2(CCC2)C1. The molecule has 1 spiro atoms. The van der Waals surface area contributed by atoms with Gasteiger partial charge in [0.1, 0.15) is 5.82 Å². The quantitative estimate of drug-likeness (QED) is 0.887. The Balaban J connectivity index is 2.04. The van der Waals surface area contributed by atoms with Gasteiger partial charge in [-0.05, 0) is 43.2 Å². The molecule has 1 aromatic rings. The molecule has 0 amide bonds. The van der Waals surface area contributed by atoms with Gasteiger partial charge < -0.3 is 5.11 Å². The molecule has 2 aliphatic carbocycles. The van der Waals surface area contributed by atoms with Gasteiger partial charge >= 0.3 is 5.97 Å². The summed E-state index contributed by atoms with van der Waals surface area (Å²) in [6.45, 7) is 0. The van der Waals surface area contributed by atoms with E-state index in [1.165, 1.54) is 12.1 Å². The third-order valence-corrected chi connectivity index (χ3v) is 4.93. The molecule has 0 saturated heterocycles. The first kappa shape index (κ1) is 12.0. The second-order valence-electron chi connectivity index (χ2n) is 5.69. The highest BCUT2D eigenvalue weighted by molar-refractivity contribution is 6.31. The predicted octanol–water partition coefficient (Wildman–Crippen LogP) is 3.77. The van der Waals surface area contributed by atoms with Gasteiger partial charge in [0.15, 0.2) is 0 Å². The van der Waals surface area contributed by atoms with Crippen LogP contribution >= 0.6 is 11.6 Å². The van der Waals surface area contributed by atoms with Crippen molar-refractivity contribution < 1.29 is 14.3 Å². The molecule has 96 valence electrons. The van der Waals surface area contributed by atoms with E-state index in [1.54, 1.807) is 6.07 Å². The Morgan fingerprint density at radius 2 is 2.00 bits per heavy atom. The van der Waals surface area contributed by atoms with Crippen LogP contribution in [0.2, 0.25) is 5.02 Å². The molecule has 0 aromatic heterocycles. The van der Waals surface area contributed by atoms with E-state index in [-0.39, 0.29) is 16.0 Å². The summed E-state index contributed by atoms with van der Waals surface area (Å²) in [5.41, 5.74) is -0.788. The summed E-state index contributed by atoms with van der Waals surface area (Å²) in [4.78, 5) is 11.6. The molecule has 0 bridgehead atoms. The van der Waals surface area contributed by atoms with Gasteiger partial charge in [0, 0.05) is 10.6 Å². The van der Waals surface area contributed by atoms with E-state index in [1.807, 2.05) is 0 Å². The maximum absolute atomic E-state index is 14.0. The number of rotatable bonds is 2. The highest BCUT2D eigenvalue weighted by atomic mass is 35.5. The van der Waals surface area contributed by atoms with E-state index in [9.17, 15) is 14.3 Å². The van der Waals surface area contributed by atoms with E-state index in [0.717, 1.165) is 19.3 Å². The molecule has 1 aromatic carbocycles. The Hall–Kier alpha value is -1.09. The maximum atomic E-state index is 14.0. The summed E-state index contributed by atoms with van der Waals surface area (Å²) in [6.07, 6.45) is 4.33. The molecular formula is C14H14ClFO2. The molecule has 0 heterocycles. The zero-order valence-electron chi connectivity index (χ0n) is 9.88. The highest BCUT2D eigenvalue weighted by Crippen LogP contribution is 2.65. The van der Waals surface area contributed by atoms with Gasteiger partial charge in [-0.25, -0.2) is 4.39 Å². The molecule has 2 nitrogen and oxygen atoms in total. The second-order valence-corrected chi connectivity index (χ2v) is 6.10. The fourth-order valence-corrected chi connectivity index (χ4v) is 3.99. The smallest absolute Gasteiger partial charge is 0.314 e. The number of halogens is 2. The van der Waals surface area contributed by atoms with Crippen molar-refractivity contribution in [3.05, 3.63) is 34.6 Å². The van der Waals surface area contributed by atoms with Crippen LogP contribution in [0.1, 0.15) is 37.7 Å². The van der Waals surface area contributed by atoms with Crippen LogP contribution in [0, 0.1) is 11.2 Å². The Morgan fingerprint density at radius 1 is 1.33 bits per heavy atom. The summed E-state index contributed by atoms with van der Waals surface area (Å²) in [7, 11) is 0. The first-order valence-corrected chi connectivity index (χ1v) is 6.55. The molecule has 0 radical (unpaired) electrons. The van der Waals surface area contributed by atoms with E-state index in [4.69, 9.17) is 11.6 Å². The van der Waals surface area contributed by atoms with Crippen molar-refractivity contribution in [1.29, 1.82) is 0 Å². The van der Waals surface area contributed by atoms with Gasteiger partial charge in [-0.2, -0.15) is 0 Å². The standard InChI is InChI=1S/C14H14ClFO2/c15-9-3-1-4-10(16)11(9)14(12(17)18)7-13(8-14)5-2-6-13/h1,3-4H,2,5-8H2,(H,17,18). The van der Waals surface area contributed by atoms with Crippen molar-refractivity contribution in [2.75, 3.05) is 0 Å². The number of hydrogen-bond donors (Lipinski definition) is 1. The average Bonchev–Trinajstić information content (AvgIpc) is 2.17. The van der Waals surface area contributed by atoms with Crippen molar-refractivity contribution in [2.24, 2.45) is 5.41 Å².